The Labute approximate surface area is 101 Å². The highest BCUT2D eigenvalue weighted by atomic mass is 32.1. The number of furan rings is 1. The Hall–Kier alpha value is -1.95. The van der Waals surface area contributed by atoms with Crippen molar-refractivity contribution in [1.82, 2.24) is 4.98 Å². The van der Waals surface area contributed by atoms with E-state index in [1.54, 1.807) is 12.1 Å². The van der Waals surface area contributed by atoms with E-state index < -0.39 is 5.97 Å². The summed E-state index contributed by atoms with van der Waals surface area (Å²) in [7, 11) is 1.25. The van der Waals surface area contributed by atoms with E-state index in [1.165, 1.54) is 20.3 Å². The molecule has 0 N–H and O–H groups in total. The number of esters is 1. The second-order valence-electron chi connectivity index (χ2n) is 3.22. The number of ketones is 1. The highest BCUT2D eigenvalue weighted by molar-refractivity contribution is 7.17. The van der Waals surface area contributed by atoms with Crippen LogP contribution in [0.3, 0.4) is 0 Å². The molecular formula is C11H9NO4S. The molecule has 88 valence electrons. The molecule has 0 atom stereocenters. The summed E-state index contributed by atoms with van der Waals surface area (Å²) in [6, 6.07) is 3.42. The molecule has 0 radical (unpaired) electrons. The van der Waals surface area contributed by atoms with Crippen LogP contribution in [-0.4, -0.2) is 23.8 Å². The number of hydrogen-bond acceptors (Lipinski definition) is 6. The highest BCUT2D eigenvalue weighted by Gasteiger charge is 2.23. The lowest BCUT2D eigenvalue weighted by Gasteiger charge is -1.95. The predicted molar refractivity (Wildman–Crippen MR) is 61.2 cm³/mol. The molecule has 0 aliphatic heterocycles. The molecule has 2 rings (SSSR count). The number of Topliss-reactive ketones (excluding diaryl/α,β-unsaturated/α-hetero) is 1. The van der Waals surface area contributed by atoms with Gasteiger partial charge in [-0.25, -0.2) is 9.78 Å². The van der Waals surface area contributed by atoms with Crippen molar-refractivity contribution in [3.63, 3.8) is 0 Å². The number of carbonyl (C=O) groups excluding carboxylic acids is 2. The quantitative estimate of drug-likeness (QED) is 0.618. The lowest BCUT2D eigenvalue weighted by molar-refractivity contribution is 0.0591. The van der Waals surface area contributed by atoms with E-state index in [0.29, 0.717) is 10.8 Å². The van der Waals surface area contributed by atoms with E-state index in [0.717, 1.165) is 11.3 Å². The molecule has 5 nitrogen and oxygen atoms in total. The van der Waals surface area contributed by atoms with Crippen molar-refractivity contribution in [2.75, 3.05) is 7.11 Å². The molecule has 0 saturated heterocycles. The van der Waals surface area contributed by atoms with Gasteiger partial charge in [0, 0.05) is 6.92 Å². The third-order valence-corrected chi connectivity index (χ3v) is 3.23. The van der Waals surface area contributed by atoms with Crippen molar-refractivity contribution < 1.29 is 18.7 Å². The monoisotopic (exact) mass is 251 g/mol. The van der Waals surface area contributed by atoms with E-state index in [9.17, 15) is 9.59 Å². The molecule has 2 aromatic rings. The molecule has 0 fully saturated rings. The second kappa shape index (κ2) is 4.50. The van der Waals surface area contributed by atoms with Crippen molar-refractivity contribution in [2.45, 2.75) is 6.92 Å². The molecule has 0 aliphatic rings. The maximum atomic E-state index is 11.5. The van der Waals surface area contributed by atoms with Gasteiger partial charge >= 0.3 is 5.97 Å². The summed E-state index contributed by atoms with van der Waals surface area (Å²) in [6.45, 7) is 1.38. The highest BCUT2D eigenvalue weighted by Crippen LogP contribution is 2.29. The van der Waals surface area contributed by atoms with E-state index in [2.05, 4.69) is 9.72 Å². The van der Waals surface area contributed by atoms with Gasteiger partial charge in [-0.3, -0.25) is 4.79 Å². The largest absolute Gasteiger partial charge is 0.464 e. The van der Waals surface area contributed by atoms with Crippen molar-refractivity contribution in [3.05, 3.63) is 29.0 Å². The summed E-state index contributed by atoms with van der Waals surface area (Å²) in [4.78, 5) is 27.2. The van der Waals surface area contributed by atoms with E-state index in [1.807, 2.05) is 0 Å². The third kappa shape index (κ3) is 2.12. The molecule has 0 unspecified atom stereocenters. The van der Waals surface area contributed by atoms with Gasteiger partial charge in [-0.1, -0.05) is 0 Å². The number of thiazole rings is 1. The first-order chi connectivity index (χ1) is 8.13. The smallest absolute Gasteiger partial charge is 0.358 e. The van der Waals surface area contributed by atoms with Crippen LogP contribution in [0.1, 0.15) is 27.1 Å². The van der Waals surface area contributed by atoms with E-state index >= 15 is 0 Å². The minimum absolute atomic E-state index is 0.0383. The molecule has 0 aliphatic carbocycles. The molecule has 0 bridgehead atoms. The van der Waals surface area contributed by atoms with Crippen molar-refractivity contribution >= 4 is 23.1 Å². The topological polar surface area (TPSA) is 69.4 Å². The zero-order valence-corrected chi connectivity index (χ0v) is 10.0. The Morgan fingerprint density at radius 1 is 1.47 bits per heavy atom. The molecule has 17 heavy (non-hydrogen) atoms. The van der Waals surface area contributed by atoms with Gasteiger partial charge in [0.15, 0.2) is 22.2 Å². The van der Waals surface area contributed by atoms with Crippen LogP contribution in [0.2, 0.25) is 0 Å². The molecule has 6 heteroatoms. The van der Waals surface area contributed by atoms with Crippen LogP contribution in [0.15, 0.2) is 22.8 Å². The maximum absolute atomic E-state index is 11.5. The number of nitrogens with zero attached hydrogens (tertiary/aromatic N) is 1. The van der Waals surface area contributed by atoms with Gasteiger partial charge in [-0.15, -0.1) is 11.3 Å². The first-order valence-corrected chi connectivity index (χ1v) is 5.59. The number of methoxy groups -OCH3 is 1. The summed E-state index contributed by atoms with van der Waals surface area (Å²) >= 11 is 1.11. The average molecular weight is 251 g/mol. The Morgan fingerprint density at radius 2 is 2.24 bits per heavy atom. The summed E-state index contributed by atoms with van der Waals surface area (Å²) in [5.41, 5.74) is 0.0383. The van der Waals surface area contributed by atoms with Crippen LogP contribution in [-0.2, 0) is 4.74 Å². The minimum Gasteiger partial charge on any atom is -0.464 e. The minimum atomic E-state index is -0.621. The van der Waals surface area contributed by atoms with Crippen molar-refractivity contribution in [3.8, 4) is 10.8 Å². The Bertz CT molecular complexity index is 556. The number of rotatable bonds is 3. The van der Waals surface area contributed by atoms with E-state index in [4.69, 9.17) is 4.42 Å². The lowest BCUT2D eigenvalue weighted by atomic mass is 10.3. The van der Waals surface area contributed by atoms with Gasteiger partial charge in [0.25, 0.3) is 0 Å². The normalized spacial score (nSPS) is 10.2. The number of carbonyl (C=O) groups is 2. The van der Waals surface area contributed by atoms with Crippen molar-refractivity contribution in [2.24, 2.45) is 0 Å². The van der Waals surface area contributed by atoms with Gasteiger partial charge in [0.2, 0.25) is 0 Å². The van der Waals surface area contributed by atoms with Crippen LogP contribution in [0.25, 0.3) is 10.8 Å². The first kappa shape index (κ1) is 11.5. The van der Waals surface area contributed by atoms with Crippen LogP contribution in [0.4, 0.5) is 0 Å². The van der Waals surface area contributed by atoms with Gasteiger partial charge in [0.05, 0.1) is 13.4 Å². The first-order valence-electron chi connectivity index (χ1n) is 4.77. The number of hydrogen-bond donors (Lipinski definition) is 0. The van der Waals surface area contributed by atoms with Crippen LogP contribution in [0, 0.1) is 0 Å². The fourth-order valence-corrected chi connectivity index (χ4v) is 2.22. The predicted octanol–water partition coefficient (Wildman–Crippen LogP) is 2.39. The van der Waals surface area contributed by atoms with Gasteiger partial charge in [-0.2, -0.15) is 0 Å². The fraction of sp³-hybridized carbons (Fsp3) is 0.182. The molecule has 2 heterocycles. The molecular weight excluding hydrogens is 242 g/mol. The Morgan fingerprint density at radius 3 is 2.76 bits per heavy atom. The summed E-state index contributed by atoms with van der Waals surface area (Å²) in [6.07, 6.45) is 1.50. The van der Waals surface area contributed by atoms with Gasteiger partial charge in [0.1, 0.15) is 4.88 Å². The second-order valence-corrected chi connectivity index (χ2v) is 4.22. The van der Waals surface area contributed by atoms with Crippen LogP contribution in [0.5, 0.6) is 0 Å². The zero-order chi connectivity index (χ0) is 12.4. The SMILES string of the molecule is COC(=O)c1nc(-c2ccco2)sc1C(C)=O. The molecule has 0 aromatic carbocycles. The van der Waals surface area contributed by atoms with E-state index in [-0.39, 0.29) is 16.4 Å². The lowest BCUT2D eigenvalue weighted by Crippen LogP contribution is -2.06. The standard InChI is InChI=1S/C11H9NO4S/c1-6(13)9-8(11(14)15-2)12-10(17-9)7-4-3-5-16-7/h3-5H,1-2H3. The van der Waals surface area contributed by atoms with Crippen molar-refractivity contribution in [1.29, 1.82) is 0 Å². The summed E-state index contributed by atoms with van der Waals surface area (Å²) in [5, 5.41) is 0.487. The Balaban J connectivity index is 2.52. The summed E-state index contributed by atoms with van der Waals surface area (Å²) in [5.74, 6) is -0.322. The third-order valence-electron chi connectivity index (χ3n) is 2.06. The van der Waals surface area contributed by atoms with Gasteiger partial charge < -0.3 is 9.15 Å². The molecule has 0 saturated carbocycles. The maximum Gasteiger partial charge on any atom is 0.358 e. The number of ether oxygens (including phenoxy) is 1. The molecule has 2 aromatic heterocycles. The molecule has 0 spiro atoms. The Kier molecular flexibility index (Phi) is 3.06. The fourth-order valence-electron chi connectivity index (χ4n) is 1.30. The van der Waals surface area contributed by atoms with Gasteiger partial charge in [-0.05, 0) is 12.1 Å². The van der Waals surface area contributed by atoms with Crippen LogP contribution < -0.4 is 0 Å². The number of aromatic nitrogens is 1. The summed E-state index contributed by atoms with van der Waals surface area (Å²) < 4.78 is 9.75. The average Bonchev–Trinajstić information content (AvgIpc) is 2.95. The van der Waals surface area contributed by atoms with Crippen LogP contribution >= 0.6 is 11.3 Å². The zero-order valence-electron chi connectivity index (χ0n) is 9.22. The molecule has 0 amide bonds.